The highest BCUT2D eigenvalue weighted by Gasteiger charge is 2.25. The average Bonchev–Trinajstić information content (AvgIpc) is 2.36. The second kappa shape index (κ2) is 6.84. The van der Waals surface area contributed by atoms with Crippen molar-refractivity contribution in [1.82, 2.24) is 10.8 Å². The van der Waals surface area contributed by atoms with Gasteiger partial charge in [0.25, 0.3) is 11.8 Å². The van der Waals surface area contributed by atoms with Gasteiger partial charge in [-0.25, -0.2) is 9.87 Å². The highest BCUT2D eigenvalue weighted by atomic mass is 19.1. The summed E-state index contributed by atoms with van der Waals surface area (Å²) in [7, 11) is 1.30. The molecule has 0 heterocycles. The average molecular weight is 268 g/mol. The molecule has 0 fully saturated rings. The minimum atomic E-state index is -0.799. The number of halogens is 1. The van der Waals surface area contributed by atoms with Crippen molar-refractivity contribution in [3.8, 4) is 0 Å². The Morgan fingerprint density at radius 2 is 1.89 bits per heavy atom. The van der Waals surface area contributed by atoms with Gasteiger partial charge < -0.3 is 5.32 Å². The third-order valence-electron chi connectivity index (χ3n) is 2.56. The van der Waals surface area contributed by atoms with Gasteiger partial charge in [0, 0.05) is 0 Å². The van der Waals surface area contributed by atoms with Crippen molar-refractivity contribution >= 4 is 11.8 Å². The zero-order valence-electron chi connectivity index (χ0n) is 11.1. The molecule has 19 heavy (non-hydrogen) atoms. The topological polar surface area (TPSA) is 67.4 Å². The Bertz CT molecular complexity index is 463. The second-order valence-corrected chi connectivity index (χ2v) is 4.35. The Kier molecular flexibility index (Phi) is 5.44. The van der Waals surface area contributed by atoms with Crippen LogP contribution in [-0.4, -0.2) is 25.0 Å². The van der Waals surface area contributed by atoms with Gasteiger partial charge in [-0.2, -0.15) is 0 Å². The lowest BCUT2D eigenvalue weighted by atomic mass is 10.0. The lowest BCUT2D eigenvalue weighted by Gasteiger charge is -2.21. The van der Waals surface area contributed by atoms with E-state index < -0.39 is 23.7 Å². The summed E-state index contributed by atoms with van der Waals surface area (Å²) in [5, 5.41) is 2.49. The van der Waals surface area contributed by atoms with Gasteiger partial charge in [-0.3, -0.25) is 14.4 Å². The molecule has 104 valence electrons. The lowest BCUT2D eigenvalue weighted by molar-refractivity contribution is -0.134. The van der Waals surface area contributed by atoms with Crippen LogP contribution in [-0.2, 0) is 9.63 Å². The highest BCUT2D eigenvalue weighted by molar-refractivity contribution is 5.97. The van der Waals surface area contributed by atoms with Crippen LogP contribution in [0.3, 0.4) is 0 Å². The van der Waals surface area contributed by atoms with E-state index in [0.717, 1.165) is 0 Å². The molecule has 0 aliphatic heterocycles. The zero-order valence-corrected chi connectivity index (χ0v) is 11.1. The molecular weight excluding hydrogens is 251 g/mol. The molecule has 0 aliphatic carbocycles. The van der Waals surface area contributed by atoms with Gasteiger partial charge in [0.2, 0.25) is 0 Å². The van der Waals surface area contributed by atoms with Crippen LogP contribution >= 0.6 is 0 Å². The smallest absolute Gasteiger partial charge is 0.266 e. The number of nitrogens with one attached hydrogen (secondary N) is 2. The van der Waals surface area contributed by atoms with E-state index in [9.17, 15) is 14.0 Å². The summed E-state index contributed by atoms with van der Waals surface area (Å²) in [4.78, 5) is 28.1. The van der Waals surface area contributed by atoms with E-state index in [1.165, 1.54) is 25.3 Å². The van der Waals surface area contributed by atoms with Crippen molar-refractivity contribution in [2.24, 2.45) is 5.92 Å². The fourth-order valence-electron chi connectivity index (χ4n) is 1.56. The van der Waals surface area contributed by atoms with Gasteiger partial charge in [-0.15, -0.1) is 0 Å². The van der Waals surface area contributed by atoms with Crippen molar-refractivity contribution in [3.05, 3.63) is 35.6 Å². The van der Waals surface area contributed by atoms with Gasteiger partial charge in [-0.05, 0) is 18.1 Å². The van der Waals surface area contributed by atoms with Crippen molar-refractivity contribution in [3.63, 3.8) is 0 Å². The van der Waals surface area contributed by atoms with Crippen LogP contribution in [0.5, 0.6) is 0 Å². The molecule has 0 saturated carbocycles. The molecule has 5 nitrogen and oxygen atoms in total. The molecule has 2 amide bonds. The summed E-state index contributed by atoms with van der Waals surface area (Å²) in [6.07, 6.45) is 0. The summed E-state index contributed by atoms with van der Waals surface area (Å²) in [6.45, 7) is 3.53. The Hall–Kier alpha value is -1.95. The van der Waals surface area contributed by atoms with Crippen LogP contribution in [0.4, 0.5) is 4.39 Å². The number of rotatable bonds is 5. The van der Waals surface area contributed by atoms with E-state index in [1.54, 1.807) is 19.9 Å². The highest BCUT2D eigenvalue weighted by Crippen LogP contribution is 2.08. The Morgan fingerprint density at radius 3 is 2.42 bits per heavy atom. The molecule has 2 N–H and O–H groups in total. The van der Waals surface area contributed by atoms with Crippen molar-refractivity contribution in [2.45, 2.75) is 19.9 Å². The van der Waals surface area contributed by atoms with Gasteiger partial charge in [0.1, 0.15) is 11.9 Å². The first kappa shape index (κ1) is 15.1. The number of amides is 2. The van der Waals surface area contributed by atoms with E-state index in [2.05, 4.69) is 15.6 Å². The maximum Gasteiger partial charge on any atom is 0.266 e. The number of carbonyl (C=O) groups excluding carboxylic acids is 2. The van der Waals surface area contributed by atoms with E-state index in [-0.39, 0.29) is 11.5 Å². The molecule has 0 radical (unpaired) electrons. The predicted molar refractivity (Wildman–Crippen MR) is 67.6 cm³/mol. The number of hydroxylamine groups is 1. The quantitative estimate of drug-likeness (QED) is 0.790. The fourth-order valence-corrected chi connectivity index (χ4v) is 1.56. The molecule has 0 aliphatic rings. The Balaban J connectivity index is 2.83. The van der Waals surface area contributed by atoms with Crippen LogP contribution < -0.4 is 10.8 Å². The van der Waals surface area contributed by atoms with E-state index >= 15 is 0 Å². The first-order chi connectivity index (χ1) is 8.97. The van der Waals surface area contributed by atoms with Crippen LogP contribution in [0.15, 0.2) is 24.3 Å². The predicted octanol–water partition coefficient (Wildman–Crippen LogP) is 1.26. The number of hydrogen-bond donors (Lipinski definition) is 2. The van der Waals surface area contributed by atoms with Crippen LogP contribution in [0.1, 0.15) is 24.2 Å². The van der Waals surface area contributed by atoms with Gasteiger partial charge >= 0.3 is 0 Å². The molecule has 0 aromatic heterocycles. The molecular formula is C13H17FN2O3. The van der Waals surface area contributed by atoms with E-state index in [0.29, 0.717) is 0 Å². The molecule has 1 unspecified atom stereocenters. The molecule has 0 saturated heterocycles. The van der Waals surface area contributed by atoms with Crippen LogP contribution in [0, 0.1) is 11.7 Å². The largest absolute Gasteiger partial charge is 0.340 e. The molecule has 1 aromatic carbocycles. The first-order valence-electron chi connectivity index (χ1n) is 5.85. The second-order valence-electron chi connectivity index (χ2n) is 4.35. The maximum atomic E-state index is 13.5. The summed E-state index contributed by atoms with van der Waals surface area (Å²) < 4.78 is 13.5. The molecule has 0 bridgehead atoms. The maximum absolute atomic E-state index is 13.5. The third kappa shape index (κ3) is 4.03. The molecule has 1 rings (SSSR count). The SMILES string of the molecule is CONC(=O)C(NC(=O)c1ccccc1F)C(C)C. The summed E-state index contributed by atoms with van der Waals surface area (Å²) >= 11 is 0. The summed E-state index contributed by atoms with van der Waals surface area (Å²) in [5.41, 5.74) is 2.05. The van der Waals surface area contributed by atoms with Crippen molar-refractivity contribution in [1.29, 1.82) is 0 Å². The van der Waals surface area contributed by atoms with E-state index in [1.807, 2.05) is 0 Å². The standard InChI is InChI=1S/C13H17FN2O3/c1-8(2)11(13(18)16-19-3)15-12(17)9-6-4-5-7-10(9)14/h4-8,11H,1-3H3,(H,15,17)(H,16,18). The minimum Gasteiger partial charge on any atom is -0.340 e. The fraction of sp³-hybridized carbons (Fsp3) is 0.385. The number of carbonyl (C=O) groups is 2. The van der Waals surface area contributed by atoms with Crippen LogP contribution in [0.2, 0.25) is 0 Å². The Morgan fingerprint density at radius 1 is 1.26 bits per heavy atom. The monoisotopic (exact) mass is 268 g/mol. The molecule has 1 aromatic rings. The Labute approximate surface area is 111 Å². The lowest BCUT2D eigenvalue weighted by Crippen LogP contribution is -2.49. The van der Waals surface area contributed by atoms with Crippen LogP contribution in [0.25, 0.3) is 0 Å². The molecule has 1 atom stereocenters. The molecule has 0 spiro atoms. The first-order valence-corrected chi connectivity index (χ1v) is 5.85. The third-order valence-corrected chi connectivity index (χ3v) is 2.56. The van der Waals surface area contributed by atoms with Crippen molar-refractivity contribution in [2.75, 3.05) is 7.11 Å². The minimum absolute atomic E-state index is 0.0987. The van der Waals surface area contributed by atoms with E-state index in [4.69, 9.17) is 0 Å². The zero-order chi connectivity index (χ0) is 14.4. The normalized spacial score (nSPS) is 12.1. The molecule has 6 heteroatoms. The summed E-state index contributed by atoms with van der Waals surface area (Å²) in [5.74, 6) is -1.91. The van der Waals surface area contributed by atoms with Gasteiger partial charge in [-0.1, -0.05) is 26.0 Å². The van der Waals surface area contributed by atoms with Crippen molar-refractivity contribution < 1.29 is 18.8 Å². The number of benzene rings is 1. The summed E-state index contributed by atoms with van der Waals surface area (Å²) in [6, 6.07) is 4.79. The van der Waals surface area contributed by atoms with Gasteiger partial charge in [0.15, 0.2) is 0 Å². The van der Waals surface area contributed by atoms with Gasteiger partial charge in [0.05, 0.1) is 12.7 Å². The number of hydrogen-bond acceptors (Lipinski definition) is 3.